The van der Waals surface area contributed by atoms with E-state index in [1.54, 1.807) is 7.05 Å². The van der Waals surface area contributed by atoms with Gasteiger partial charge in [0, 0.05) is 7.05 Å². The molecule has 2 aromatic rings. The maximum absolute atomic E-state index is 13.4. The lowest BCUT2D eigenvalue weighted by molar-refractivity contribution is -0.137. The molecule has 0 aliphatic heterocycles. The van der Waals surface area contributed by atoms with E-state index in [1.807, 2.05) is 0 Å². The molecule has 0 saturated heterocycles. The van der Waals surface area contributed by atoms with Gasteiger partial charge >= 0.3 is 6.18 Å². The molecule has 0 atom stereocenters. The second-order valence-corrected chi connectivity index (χ2v) is 3.43. The molecular formula is C10H7F4N3. The van der Waals surface area contributed by atoms with Crippen molar-refractivity contribution in [1.29, 1.82) is 0 Å². The number of nitrogens with zero attached hydrogens (tertiary/aromatic N) is 3. The number of benzene rings is 1. The van der Waals surface area contributed by atoms with Gasteiger partial charge in [-0.25, -0.2) is 9.37 Å². The first-order valence-corrected chi connectivity index (χ1v) is 4.60. The first-order chi connectivity index (χ1) is 7.88. The zero-order valence-corrected chi connectivity index (χ0v) is 8.66. The van der Waals surface area contributed by atoms with Gasteiger partial charge in [0.05, 0.1) is 11.1 Å². The molecule has 7 heteroatoms. The molecule has 0 unspecified atom stereocenters. The van der Waals surface area contributed by atoms with Crippen LogP contribution >= 0.6 is 0 Å². The molecule has 17 heavy (non-hydrogen) atoms. The third kappa shape index (κ3) is 2.27. The number of aromatic nitrogens is 3. The summed E-state index contributed by atoms with van der Waals surface area (Å²) >= 11 is 0. The summed E-state index contributed by atoms with van der Waals surface area (Å²) in [6.45, 7) is 0. The number of rotatable bonds is 1. The summed E-state index contributed by atoms with van der Waals surface area (Å²) in [5.74, 6) is -0.861. The molecule has 90 valence electrons. The van der Waals surface area contributed by atoms with E-state index in [1.165, 1.54) is 11.0 Å². The smallest absolute Gasteiger partial charge is 0.255 e. The van der Waals surface area contributed by atoms with Gasteiger partial charge in [0.1, 0.15) is 12.1 Å². The average Bonchev–Trinajstić information content (AvgIpc) is 2.63. The van der Waals surface area contributed by atoms with E-state index in [0.717, 1.165) is 6.07 Å². The van der Waals surface area contributed by atoms with Crippen molar-refractivity contribution in [3.8, 4) is 11.4 Å². The van der Waals surface area contributed by atoms with Gasteiger partial charge < -0.3 is 0 Å². The lowest BCUT2D eigenvalue weighted by Crippen LogP contribution is -2.05. The SMILES string of the molecule is Cn1cnc(-c2cc(C(F)(F)F)ccc2F)n1. The Balaban J connectivity index is 2.54. The summed E-state index contributed by atoms with van der Waals surface area (Å²) in [4.78, 5) is 3.71. The Hall–Kier alpha value is -1.92. The highest BCUT2D eigenvalue weighted by atomic mass is 19.4. The normalized spacial score (nSPS) is 11.8. The molecule has 1 aromatic heterocycles. The molecule has 0 fully saturated rings. The molecule has 0 amide bonds. The predicted octanol–water partition coefficient (Wildman–Crippen LogP) is 2.64. The standard InChI is InChI=1S/C10H7F4N3/c1-17-5-15-9(16-17)7-4-6(10(12,13)14)2-3-8(7)11/h2-5H,1H3. The third-order valence-electron chi connectivity index (χ3n) is 2.13. The molecule has 1 aromatic carbocycles. The molecule has 0 radical (unpaired) electrons. The van der Waals surface area contributed by atoms with E-state index in [2.05, 4.69) is 10.1 Å². The Bertz CT molecular complexity index is 545. The number of alkyl halides is 3. The minimum Gasteiger partial charge on any atom is -0.255 e. The molecule has 0 aliphatic rings. The minimum atomic E-state index is -4.52. The van der Waals surface area contributed by atoms with Crippen molar-refractivity contribution < 1.29 is 17.6 Å². The highest BCUT2D eigenvalue weighted by Gasteiger charge is 2.31. The van der Waals surface area contributed by atoms with E-state index < -0.39 is 17.6 Å². The van der Waals surface area contributed by atoms with Crippen LogP contribution in [0.4, 0.5) is 17.6 Å². The predicted molar refractivity (Wildman–Crippen MR) is 51.4 cm³/mol. The maximum atomic E-state index is 13.4. The van der Waals surface area contributed by atoms with E-state index in [-0.39, 0.29) is 11.4 Å². The molecule has 0 spiro atoms. The van der Waals surface area contributed by atoms with Crippen LogP contribution in [-0.2, 0) is 13.2 Å². The summed E-state index contributed by atoms with van der Waals surface area (Å²) in [6.07, 6.45) is -3.23. The van der Waals surface area contributed by atoms with Crippen LogP contribution in [0.3, 0.4) is 0 Å². The van der Waals surface area contributed by atoms with Gasteiger partial charge in [-0.05, 0) is 18.2 Å². The summed E-state index contributed by atoms with van der Waals surface area (Å²) in [5, 5.41) is 3.76. The number of halogens is 4. The lowest BCUT2D eigenvalue weighted by atomic mass is 10.1. The number of hydrogen-bond acceptors (Lipinski definition) is 2. The van der Waals surface area contributed by atoms with Crippen LogP contribution in [0.5, 0.6) is 0 Å². The number of hydrogen-bond donors (Lipinski definition) is 0. The van der Waals surface area contributed by atoms with E-state index >= 15 is 0 Å². The third-order valence-corrected chi connectivity index (χ3v) is 2.13. The Morgan fingerprint density at radius 3 is 2.47 bits per heavy atom. The topological polar surface area (TPSA) is 30.7 Å². The van der Waals surface area contributed by atoms with Crippen LogP contribution in [0.2, 0.25) is 0 Å². The van der Waals surface area contributed by atoms with Crippen molar-refractivity contribution in [2.24, 2.45) is 7.05 Å². The fourth-order valence-corrected chi connectivity index (χ4v) is 1.34. The first kappa shape index (κ1) is 11.6. The Morgan fingerprint density at radius 2 is 1.94 bits per heavy atom. The van der Waals surface area contributed by atoms with Crippen LogP contribution < -0.4 is 0 Å². The largest absolute Gasteiger partial charge is 0.416 e. The molecule has 0 bridgehead atoms. The molecule has 1 heterocycles. The molecule has 3 nitrogen and oxygen atoms in total. The highest BCUT2D eigenvalue weighted by Crippen LogP contribution is 2.32. The Kier molecular flexibility index (Phi) is 2.60. The second-order valence-electron chi connectivity index (χ2n) is 3.43. The summed E-state index contributed by atoms with van der Waals surface area (Å²) in [7, 11) is 1.54. The summed E-state index contributed by atoms with van der Waals surface area (Å²) in [5.41, 5.74) is -1.19. The van der Waals surface area contributed by atoms with Crippen LogP contribution in [0.15, 0.2) is 24.5 Å². The molecular weight excluding hydrogens is 238 g/mol. The van der Waals surface area contributed by atoms with Crippen molar-refractivity contribution in [1.82, 2.24) is 14.8 Å². The molecule has 2 rings (SSSR count). The van der Waals surface area contributed by atoms with Crippen LogP contribution in [0, 0.1) is 5.82 Å². The van der Waals surface area contributed by atoms with Gasteiger partial charge in [-0.3, -0.25) is 4.68 Å². The monoisotopic (exact) mass is 245 g/mol. The van der Waals surface area contributed by atoms with Crippen molar-refractivity contribution in [3.05, 3.63) is 35.9 Å². The van der Waals surface area contributed by atoms with Crippen molar-refractivity contribution in [2.45, 2.75) is 6.18 Å². The van der Waals surface area contributed by atoms with Crippen molar-refractivity contribution >= 4 is 0 Å². The maximum Gasteiger partial charge on any atom is 0.416 e. The van der Waals surface area contributed by atoms with Gasteiger partial charge in [-0.1, -0.05) is 0 Å². The fourth-order valence-electron chi connectivity index (χ4n) is 1.34. The van der Waals surface area contributed by atoms with E-state index in [4.69, 9.17) is 0 Å². The second kappa shape index (κ2) is 3.83. The van der Waals surface area contributed by atoms with Crippen LogP contribution in [0.25, 0.3) is 11.4 Å². The van der Waals surface area contributed by atoms with Crippen molar-refractivity contribution in [2.75, 3.05) is 0 Å². The zero-order valence-electron chi connectivity index (χ0n) is 8.66. The van der Waals surface area contributed by atoms with Gasteiger partial charge in [0.15, 0.2) is 5.82 Å². The van der Waals surface area contributed by atoms with Gasteiger partial charge in [-0.2, -0.15) is 18.3 Å². The Labute approximate surface area is 93.7 Å². The van der Waals surface area contributed by atoms with Gasteiger partial charge in [-0.15, -0.1) is 0 Å². The van der Waals surface area contributed by atoms with Gasteiger partial charge in [0.25, 0.3) is 0 Å². The number of aryl methyl sites for hydroxylation is 1. The first-order valence-electron chi connectivity index (χ1n) is 4.60. The lowest BCUT2D eigenvalue weighted by Gasteiger charge is -2.07. The minimum absolute atomic E-state index is 0.0731. The fraction of sp³-hybridized carbons (Fsp3) is 0.200. The molecule has 0 saturated carbocycles. The quantitative estimate of drug-likeness (QED) is 0.723. The molecule has 0 aliphatic carbocycles. The summed E-state index contributed by atoms with van der Waals surface area (Å²) in [6, 6.07) is 2.14. The zero-order chi connectivity index (χ0) is 12.6. The van der Waals surface area contributed by atoms with E-state index in [9.17, 15) is 17.6 Å². The molecule has 0 N–H and O–H groups in total. The van der Waals surface area contributed by atoms with Crippen molar-refractivity contribution in [3.63, 3.8) is 0 Å². The summed E-state index contributed by atoms with van der Waals surface area (Å²) < 4.78 is 52.0. The van der Waals surface area contributed by atoms with Crippen LogP contribution in [-0.4, -0.2) is 14.8 Å². The van der Waals surface area contributed by atoms with E-state index in [0.29, 0.717) is 12.1 Å². The van der Waals surface area contributed by atoms with Crippen LogP contribution in [0.1, 0.15) is 5.56 Å². The Morgan fingerprint density at radius 1 is 1.24 bits per heavy atom. The highest BCUT2D eigenvalue weighted by molar-refractivity contribution is 5.56. The van der Waals surface area contributed by atoms with Gasteiger partial charge in [0.2, 0.25) is 0 Å². The average molecular weight is 245 g/mol.